The van der Waals surface area contributed by atoms with E-state index >= 15 is 0 Å². The molecule has 1 aliphatic heterocycles. The predicted molar refractivity (Wildman–Crippen MR) is 157 cm³/mol. The van der Waals surface area contributed by atoms with Crippen molar-refractivity contribution in [3.05, 3.63) is 94.0 Å². The number of hydrogen-bond acceptors (Lipinski definition) is 5. The van der Waals surface area contributed by atoms with Gasteiger partial charge in [-0.05, 0) is 105 Å². The number of anilines is 1. The van der Waals surface area contributed by atoms with Crippen molar-refractivity contribution in [3.8, 4) is 11.8 Å². The molecule has 0 bridgehead atoms. The first-order valence-electron chi connectivity index (χ1n) is 14.2. The Morgan fingerprint density at radius 1 is 1.12 bits per heavy atom. The third kappa shape index (κ3) is 7.83. The highest BCUT2D eigenvalue weighted by Crippen LogP contribution is 2.31. The van der Waals surface area contributed by atoms with E-state index in [0.29, 0.717) is 23.7 Å². The number of amides is 1. The highest BCUT2D eigenvalue weighted by molar-refractivity contribution is 5.96. The summed E-state index contributed by atoms with van der Waals surface area (Å²) in [5, 5.41) is 9.35. The number of carbonyl (C=O) groups is 1. The summed E-state index contributed by atoms with van der Waals surface area (Å²) in [6.07, 6.45) is -1.18. The molecule has 1 fully saturated rings. The molecule has 1 saturated heterocycles. The zero-order chi connectivity index (χ0) is 30.4. The minimum atomic E-state index is -4.75. The van der Waals surface area contributed by atoms with Crippen molar-refractivity contribution in [2.45, 2.75) is 71.4 Å². The monoisotopic (exact) mass is 578 g/mol. The van der Waals surface area contributed by atoms with Crippen LogP contribution < -0.4 is 15.4 Å². The number of nitriles is 1. The summed E-state index contributed by atoms with van der Waals surface area (Å²) in [7, 11) is 0. The Bertz CT molecular complexity index is 1420. The molecule has 1 unspecified atom stereocenters. The summed E-state index contributed by atoms with van der Waals surface area (Å²) in [6.45, 7) is 8.39. The normalized spacial score (nSPS) is 15.2. The van der Waals surface area contributed by atoms with Crippen LogP contribution >= 0.6 is 0 Å². The quantitative estimate of drug-likeness (QED) is 0.291. The van der Waals surface area contributed by atoms with Crippen molar-refractivity contribution < 1.29 is 22.7 Å². The van der Waals surface area contributed by atoms with Crippen LogP contribution in [-0.2, 0) is 13.0 Å². The van der Waals surface area contributed by atoms with Gasteiger partial charge in [0, 0.05) is 43.0 Å². The van der Waals surface area contributed by atoms with Crippen LogP contribution in [0, 0.1) is 25.2 Å². The SMILES string of the molecule is Cc1ccc(CCC(C)N2CCC(N(Cc3cccc(C#N)c3)c3ccc(OC(F)(F)F)cc3)CC2)c(C)c1C(N)=O. The first-order valence-corrected chi connectivity index (χ1v) is 14.2. The number of piperidine rings is 1. The topological polar surface area (TPSA) is 82.6 Å². The van der Waals surface area contributed by atoms with Crippen molar-refractivity contribution in [1.29, 1.82) is 5.26 Å². The Kier molecular flexibility index (Phi) is 9.79. The van der Waals surface area contributed by atoms with Gasteiger partial charge in [-0.15, -0.1) is 13.2 Å². The van der Waals surface area contributed by atoms with Gasteiger partial charge in [0.25, 0.3) is 0 Å². The van der Waals surface area contributed by atoms with Gasteiger partial charge in [0.2, 0.25) is 5.91 Å². The highest BCUT2D eigenvalue weighted by Gasteiger charge is 2.31. The van der Waals surface area contributed by atoms with E-state index in [1.165, 1.54) is 12.1 Å². The number of ether oxygens (including phenoxy) is 1. The number of alkyl halides is 3. The molecule has 9 heteroatoms. The lowest BCUT2D eigenvalue weighted by Crippen LogP contribution is -2.47. The van der Waals surface area contributed by atoms with Crippen LogP contribution in [0.25, 0.3) is 0 Å². The van der Waals surface area contributed by atoms with Crippen molar-refractivity contribution >= 4 is 11.6 Å². The van der Waals surface area contributed by atoms with Gasteiger partial charge < -0.3 is 20.3 Å². The fourth-order valence-electron chi connectivity index (χ4n) is 5.93. The third-order valence-corrected chi connectivity index (χ3v) is 8.24. The van der Waals surface area contributed by atoms with Crippen LogP contribution in [0.3, 0.4) is 0 Å². The molecule has 0 aliphatic carbocycles. The van der Waals surface area contributed by atoms with Gasteiger partial charge in [0.05, 0.1) is 11.6 Å². The van der Waals surface area contributed by atoms with Gasteiger partial charge in [-0.3, -0.25) is 4.79 Å². The van der Waals surface area contributed by atoms with Crippen molar-refractivity contribution in [2.75, 3.05) is 18.0 Å². The summed E-state index contributed by atoms with van der Waals surface area (Å²) >= 11 is 0. The molecule has 3 aromatic rings. The lowest BCUT2D eigenvalue weighted by atomic mass is 9.93. The minimum Gasteiger partial charge on any atom is -0.406 e. The van der Waals surface area contributed by atoms with Gasteiger partial charge in [-0.25, -0.2) is 0 Å². The van der Waals surface area contributed by atoms with E-state index in [-0.39, 0.29) is 11.8 Å². The molecule has 6 nitrogen and oxygen atoms in total. The first kappa shape index (κ1) is 30.9. The Labute approximate surface area is 245 Å². The first-order chi connectivity index (χ1) is 19.9. The molecule has 42 heavy (non-hydrogen) atoms. The molecular formula is C33H37F3N4O2. The van der Waals surface area contributed by atoms with Gasteiger partial charge in [0.1, 0.15) is 5.75 Å². The van der Waals surface area contributed by atoms with Gasteiger partial charge in [-0.1, -0.05) is 24.3 Å². The lowest BCUT2D eigenvalue weighted by Gasteiger charge is -2.42. The number of rotatable bonds is 10. The molecule has 4 rings (SSSR count). The predicted octanol–water partition coefficient (Wildman–Crippen LogP) is 6.66. The van der Waals surface area contributed by atoms with Crippen molar-refractivity contribution in [2.24, 2.45) is 5.73 Å². The maximum atomic E-state index is 12.7. The number of benzene rings is 3. The van der Waals surface area contributed by atoms with Crippen LogP contribution in [0.1, 0.15) is 64.4 Å². The minimum absolute atomic E-state index is 0.172. The van der Waals surface area contributed by atoms with Crippen LogP contribution in [-0.4, -0.2) is 42.3 Å². The second kappa shape index (κ2) is 13.3. The van der Waals surface area contributed by atoms with Gasteiger partial charge in [-0.2, -0.15) is 5.26 Å². The number of nitrogens with zero attached hydrogens (tertiary/aromatic N) is 3. The summed E-state index contributed by atoms with van der Waals surface area (Å²) in [6, 6.07) is 20.1. The molecule has 0 radical (unpaired) electrons. The zero-order valence-corrected chi connectivity index (χ0v) is 24.2. The van der Waals surface area contributed by atoms with Crippen LogP contribution in [0.4, 0.5) is 18.9 Å². The number of likely N-dealkylation sites (tertiary alicyclic amines) is 1. The number of hydrogen-bond donors (Lipinski definition) is 1. The van der Waals surface area contributed by atoms with E-state index in [9.17, 15) is 23.2 Å². The summed E-state index contributed by atoms with van der Waals surface area (Å²) in [5.74, 6) is -0.651. The molecule has 1 heterocycles. The number of carbonyl (C=O) groups excluding carboxylic acids is 1. The van der Waals surface area contributed by atoms with E-state index in [0.717, 1.165) is 66.7 Å². The lowest BCUT2D eigenvalue weighted by molar-refractivity contribution is -0.274. The van der Waals surface area contributed by atoms with E-state index in [2.05, 4.69) is 33.6 Å². The molecule has 3 aromatic carbocycles. The van der Waals surface area contributed by atoms with Gasteiger partial charge >= 0.3 is 6.36 Å². The average Bonchev–Trinajstić information content (AvgIpc) is 2.95. The fourth-order valence-corrected chi connectivity index (χ4v) is 5.93. The Hall–Kier alpha value is -4.03. The van der Waals surface area contributed by atoms with E-state index in [4.69, 9.17) is 5.73 Å². The Balaban J connectivity index is 1.44. The standard InChI is InChI=1S/C33H37F3N4O2/c1-22-7-9-27(24(3)31(22)32(38)41)10-8-23(2)39-17-15-29(16-18-39)40(21-26-6-4-5-25(19-26)20-37)28-11-13-30(14-12-28)42-33(34,35)36/h4-7,9,11-14,19,23,29H,8,10,15-18,21H2,1-3H3,(H2,38,41). The molecule has 0 aromatic heterocycles. The largest absolute Gasteiger partial charge is 0.573 e. The summed E-state index contributed by atoms with van der Waals surface area (Å²) < 4.78 is 42.2. The number of aryl methyl sites for hydroxylation is 2. The molecule has 1 aliphatic rings. The van der Waals surface area contributed by atoms with Crippen LogP contribution in [0.15, 0.2) is 60.7 Å². The molecular weight excluding hydrogens is 541 g/mol. The summed E-state index contributed by atoms with van der Waals surface area (Å²) in [5.41, 5.74) is 11.5. The van der Waals surface area contributed by atoms with Gasteiger partial charge in [0.15, 0.2) is 0 Å². The maximum Gasteiger partial charge on any atom is 0.573 e. The van der Waals surface area contributed by atoms with Crippen molar-refractivity contribution in [3.63, 3.8) is 0 Å². The summed E-state index contributed by atoms with van der Waals surface area (Å²) in [4.78, 5) is 16.6. The van der Waals surface area contributed by atoms with E-state index in [1.54, 1.807) is 18.2 Å². The molecule has 1 amide bonds. The zero-order valence-electron chi connectivity index (χ0n) is 24.2. The van der Waals surface area contributed by atoms with E-state index < -0.39 is 12.3 Å². The fraction of sp³-hybridized carbons (Fsp3) is 0.394. The number of primary amides is 1. The van der Waals surface area contributed by atoms with Crippen molar-refractivity contribution in [1.82, 2.24) is 4.90 Å². The molecule has 1 atom stereocenters. The molecule has 222 valence electrons. The molecule has 0 spiro atoms. The smallest absolute Gasteiger partial charge is 0.406 e. The Morgan fingerprint density at radius 3 is 2.43 bits per heavy atom. The molecule has 0 saturated carbocycles. The van der Waals surface area contributed by atoms with E-state index in [1.807, 2.05) is 38.1 Å². The van der Waals surface area contributed by atoms with Crippen LogP contribution in [0.5, 0.6) is 5.75 Å². The molecule has 2 N–H and O–H groups in total. The second-order valence-electron chi connectivity index (χ2n) is 11.0. The third-order valence-electron chi connectivity index (χ3n) is 8.24. The van der Waals surface area contributed by atoms with Crippen LogP contribution in [0.2, 0.25) is 0 Å². The Morgan fingerprint density at radius 2 is 1.81 bits per heavy atom. The highest BCUT2D eigenvalue weighted by atomic mass is 19.4. The number of nitrogens with two attached hydrogens (primary N) is 1. The average molecular weight is 579 g/mol. The number of halogens is 3. The second-order valence-corrected chi connectivity index (χ2v) is 11.0. The maximum absolute atomic E-state index is 12.7.